The van der Waals surface area contributed by atoms with E-state index >= 15 is 0 Å². The third-order valence-corrected chi connectivity index (χ3v) is 2.68. The van der Waals surface area contributed by atoms with E-state index < -0.39 is 0 Å². The van der Waals surface area contributed by atoms with Crippen LogP contribution >= 0.6 is 0 Å². The predicted molar refractivity (Wildman–Crippen MR) is 65.4 cm³/mol. The van der Waals surface area contributed by atoms with Crippen molar-refractivity contribution >= 4 is 0 Å². The minimum Gasteiger partial charge on any atom is -0.381 e. The lowest BCUT2D eigenvalue weighted by atomic mass is 10.1. The summed E-state index contributed by atoms with van der Waals surface area (Å²) in [6.07, 6.45) is 13.1. The minimum atomic E-state index is 1.17. The first-order valence-corrected chi connectivity index (χ1v) is 6.14. The van der Waals surface area contributed by atoms with Crippen LogP contribution in [0.1, 0.15) is 58.3 Å². The molecule has 0 spiro atoms. The van der Waals surface area contributed by atoms with Gasteiger partial charge in [0.15, 0.2) is 0 Å². The first kappa shape index (κ1) is 13.5. The summed E-state index contributed by atoms with van der Waals surface area (Å²) in [4.78, 5) is 2.16. The van der Waals surface area contributed by atoms with Crippen LogP contribution in [0.2, 0.25) is 0 Å². The molecule has 0 heterocycles. The van der Waals surface area contributed by atoms with Crippen molar-refractivity contribution in [3.63, 3.8) is 0 Å². The molecule has 1 nitrogen and oxygen atoms in total. The molecule has 0 fully saturated rings. The van der Waals surface area contributed by atoms with Gasteiger partial charge >= 0.3 is 0 Å². The highest BCUT2D eigenvalue weighted by molar-refractivity contribution is 4.65. The van der Waals surface area contributed by atoms with Gasteiger partial charge in [-0.3, -0.25) is 0 Å². The van der Waals surface area contributed by atoms with Gasteiger partial charge in [0.2, 0.25) is 0 Å². The van der Waals surface area contributed by atoms with Crippen LogP contribution in [0.5, 0.6) is 0 Å². The molecule has 0 saturated carbocycles. The Hall–Kier alpha value is -0.460. The first-order chi connectivity index (χ1) is 6.81. The largest absolute Gasteiger partial charge is 0.381 e. The number of nitrogens with zero attached hydrogens (tertiary/aromatic N) is 1. The fourth-order valence-electron chi connectivity index (χ4n) is 1.59. The standard InChI is InChI=1S/C13H27N/c1-4-6-7-8-9-10-11-12-13-14(3)5-2/h5H,2,4,6-13H2,1,3H3. The van der Waals surface area contributed by atoms with E-state index in [-0.39, 0.29) is 0 Å². The highest BCUT2D eigenvalue weighted by Crippen LogP contribution is 2.08. The summed E-state index contributed by atoms with van der Waals surface area (Å²) in [5, 5.41) is 0. The smallest absolute Gasteiger partial charge is 0.0169 e. The summed E-state index contributed by atoms with van der Waals surface area (Å²) in [6, 6.07) is 0. The van der Waals surface area contributed by atoms with E-state index in [9.17, 15) is 0 Å². The third kappa shape index (κ3) is 9.63. The van der Waals surface area contributed by atoms with Crippen LogP contribution in [0.4, 0.5) is 0 Å². The molecule has 0 radical (unpaired) electrons. The van der Waals surface area contributed by atoms with Crippen LogP contribution in [0, 0.1) is 0 Å². The van der Waals surface area contributed by atoms with Gasteiger partial charge in [0, 0.05) is 13.6 Å². The van der Waals surface area contributed by atoms with Gasteiger partial charge in [0.25, 0.3) is 0 Å². The molecule has 0 N–H and O–H groups in total. The first-order valence-electron chi connectivity index (χ1n) is 6.14. The molecule has 0 amide bonds. The van der Waals surface area contributed by atoms with Crippen LogP contribution in [-0.2, 0) is 0 Å². The van der Waals surface area contributed by atoms with Crippen molar-refractivity contribution in [2.45, 2.75) is 58.3 Å². The molecule has 0 bridgehead atoms. The summed E-state index contributed by atoms with van der Waals surface area (Å²) in [6.45, 7) is 7.17. The van der Waals surface area contributed by atoms with E-state index in [1.165, 1.54) is 57.9 Å². The van der Waals surface area contributed by atoms with E-state index in [2.05, 4.69) is 25.5 Å². The van der Waals surface area contributed by atoms with E-state index in [1.807, 2.05) is 6.20 Å². The van der Waals surface area contributed by atoms with Crippen molar-refractivity contribution in [1.82, 2.24) is 4.90 Å². The van der Waals surface area contributed by atoms with Crippen molar-refractivity contribution in [2.24, 2.45) is 0 Å². The van der Waals surface area contributed by atoms with Crippen LogP contribution in [-0.4, -0.2) is 18.5 Å². The fraction of sp³-hybridized carbons (Fsp3) is 0.846. The second-order valence-electron chi connectivity index (χ2n) is 4.14. The summed E-state index contributed by atoms with van der Waals surface area (Å²) in [7, 11) is 2.09. The van der Waals surface area contributed by atoms with Gasteiger partial charge in [0.1, 0.15) is 0 Å². The van der Waals surface area contributed by atoms with Gasteiger partial charge < -0.3 is 4.90 Å². The molecule has 0 atom stereocenters. The molecule has 0 aliphatic carbocycles. The Labute approximate surface area is 90.2 Å². The second kappa shape index (κ2) is 10.6. The molecule has 1 heteroatoms. The topological polar surface area (TPSA) is 3.24 Å². The zero-order valence-corrected chi connectivity index (χ0v) is 10.1. The molecule has 14 heavy (non-hydrogen) atoms. The molecular formula is C13H27N. The number of hydrogen-bond donors (Lipinski definition) is 0. The molecule has 0 aromatic carbocycles. The van der Waals surface area contributed by atoms with Crippen molar-refractivity contribution in [1.29, 1.82) is 0 Å². The highest BCUT2D eigenvalue weighted by Gasteiger charge is 1.92. The molecule has 0 saturated heterocycles. The maximum atomic E-state index is 3.74. The molecule has 0 aromatic heterocycles. The molecule has 84 valence electrons. The highest BCUT2D eigenvalue weighted by atomic mass is 15.1. The lowest BCUT2D eigenvalue weighted by molar-refractivity contribution is 0.429. The summed E-state index contributed by atoms with van der Waals surface area (Å²) < 4.78 is 0. The summed E-state index contributed by atoms with van der Waals surface area (Å²) in [5.41, 5.74) is 0. The summed E-state index contributed by atoms with van der Waals surface area (Å²) >= 11 is 0. The van der Waals surface area contributed by atoms with Gasteiger partial charge in [-0.15, -0.1) is 0 Å². The van der Waals surface area contributed by atoms with Gasteiger partial charge in [-0.2, -0.15) is 0 Å². The average Bonchev–Trinajstić information content (AvgIpc) is 2.21. The van der Waals surface area contributed by atoms with Crippen LogP contribution < -0.4 is 0 Å². The number of rotatable bonds is 10. The van der Waals surface area contributed by atoms with Gasteiger partial charge in [-0.25, -0.2) is 0 Å². The molecular weight excluding hydrogens is 170 g/mol. The Morgan fingerprint density at radius 3 is 1.93 bits per heavy atom. The fourth-order valence-corrected chi connectivity index (χ4v) is 1.59. The summed E-state index contributed by atoms with van der Waals surface area (Å²) in [5.74, 6) is 0. The Kier molecular flexibility index (Phi) is 10.3. The second-order valence-corrected chi connectivity index (χ2v) is 4.14. The lowest BCUT2D eigenvalue weighted by Gasteiger charge is -2.12. The van der Waals surface area contributed by atoms with Crippen LogP contribution in [0.3, 0.4) is 0 Å². The van der Waals surface area contributed by atoms with Crippen molar-refractivity contribution in [3.05, 3.63) is 12.8 Å². The minimum absolute atomic E-state index is 1.17. The Bertz CT molecular complexity index is 120. The number of unbranched alkanes of at least 4 members (excludes halogenated alkanes) is 7. The number of hydrogen-bond acceptors (Lipinski definition) is 1. The Morgan fingerprint density at radius 1 is 0.929 bits per heavy atom. The van der Waals surface area contributed by atoms with Crippen LogP contribution in [0.25, 0.3) is 0 Å². The van der Waals surface area contributed by atoms with Gasteiger partial charge in [-0.05, 0) is 12.6 Å². The van der Waals surface area contributed by atoms with Crippen LogP contribution in [0.15, 0.2) is 12.8 Å². The van der Waals surface area contributed by atoms with E-state index in [0.29, 0.717) is 0 Å². The van der Waals surface area contributed by atoms with E-state index in [0.717, 1.165) is 0 Å². The predicted octanol–water partition coefficient (Wildman–Crippen LogP) is 4.20. The SMILES string of the molecule is C=CN(C)CCCCCCCCCC. The normalized spacial score (nSPS) is 10.1. The van der Waals surface area contributed by atoms with Gasteiger partial charge in [0.05, 0.1) is 0 Å². The molecule has 0 aliphatic heterocycles. The molecule has 0 aliphatic rings. The average molecular weight is 197 g/mol. The molecule has 0 unspecified atom stereocenters. The molecule has 0 aromatic rings. The monoisotopic (exact) mass is 197 g/mol. The quantitative estimate of drug-likeness (QED) is 0.474. The lowest BCUT2D eigenvalue weighted by Crippen LogP contribution is -2.11. The zero-order chi connectivity index (χ0) is 10.6. The van der Waals surface area contributed by atoms with Crippen molar-refractivity contribution in [3.8, 4) is 0 Å². The Morgan fingerprint density at radius 2 is 1.43 bits per heavy atom. The maximum Gasteiger partial charge on any atom is 0.0169 e. The molecule has 0 rings (SSSR count). The third-order valence-electron chi connectivity index (χ3n) is 2.68. The van der Waals surface area contributed by atoms with E-state index in [1.54, 1.807) is 0 Å². The van der Waals surface area contributed by atoms with Crippen molar-refractivity contribution in [2.75, 3.05) is 13.6 Å². The van der Waals surface area contributed by atoms with E-state index in [4.69, 9.17) is 0 Å². The van der Waals surface area contributed by atoms with Crippen molar-refractivity contribution < 1.29 is 0 Å². The Balaban J connectivity index is 2.95. The maximum absolute atomic E-state index is 3.74. The van der Waals surface area contributed by atoms with Gasteiger partial charge in [-0.1, -0.05) is 58.4 Å². The zero-order valence-electron chi connectivity index (χ0n) is 10.1.